The van der Waals surface area contributed by atoms with Gasteiger partial charge in [0.2, 0.25) is 0 Å². The van der Waals surface area contributed by atoms with Crippen LogP contribution in [0.2, 0.25) is 5.02 Å². The van der Waals surface area contributed by atoms with Gasteiger partial charge in [0.05, 0.1) is 7.11 Å². The molecule has 134 valence electrons. The molecule has 4 nitrogen and oxygen atoms in total. The summed E-state index contributed by atoms with van der Waals surface area (Å²) >= 11 is 5.99. The van der Waals surface area contributed by atoms with Gasteiger partial charge in [-0.2, -0.15) is 13.2 Å². The summed E-state index contributed by atoms with van der Waals surface area (Å²) in [6.45, 7) is 0. The van der Waals surface area contributed by atoms with Gasteiger partial charge in [0.15, 0.2) is 11.5 Å². The molecule has 0 bridgehead atoms. The van der Waals surface area contributed by atoms with Crippen molar-refractivity contribution < 1.29 is 17.9 Å². The van der Waals surface area contributed by atoms with Crippen molar-refractivity contribution in [3.05, 3.63) is 65.3 Å². The number of hydrogen-bond donors (Lipinski definition) is 1. The van der Waals surface area contributed by atoms with Gasteiger partial charge in [0, 0.05) is 28.4 Å². The smallest absolute Gasteiger partial charge is 0.433 e. The van der Waals surface area contributed by atoms with Gasteiger partial charge in [0.25, 0.3) is 0 Å². The van der Waals surface area contributed by atoms with Gasteiger partial charge in [-0.15, -0.1) is 0 Å². The van der Waals surface area contributed by atoms with Crippen molar-refractivity contribution in [1.82, 2.24) is 9.97 Å². The Balaban J connectivity index is 2.05. The maximum atomic E-state index is 13.2. The molecule has 0 spiro atoms. The molecule has 0 saturated carbocycles. The Morgan fingerprint density at radius 1 is 1.00 bits per heavy atom. The van der Waals surface area contributed by atoms with Crippen LogP contribution in [0.3, 0.4) is 0 Å². The van der Waals surface area contributed by atoms with Crippen LogP contribution in [0.5, 0.6) is 5.75 Å². The van der Waals surface area contributed by atoms with E-state index in [1.807, 2.05) is 0 Å². The highest BCUT2D eigenvalue weighted by Crippen LogP contribution is 2.32. The summed E-state index contributed by atoms with van der Waals surface area (Å²) in [6, 6.07) is 14.0. The van der Waals surface area contributed by atoms with Crippen molar-refractivity contribution in [2.75, 3.05) is 12.4 Å². The number of nitrogens with one attached hydrogen (secondary N) is 1. The zero-order valence-electron chi connectivity index (χ0n) is 13.5. The number of benzene rings is 2. The Hall–Kier alpha value is -2.80. The lowest BCUT2D eigenvalue weighted by molar-refractivity contribution is -0.141. The first kappa shape index (κ1) is 18.0. The van der Waals surface area contributed by atoms with Crippen LogP contribution in [0.25, 0.3) is 11.4 Å². The lowest BCUT2D eigenvalue weighted by Gasteiger charge is -2.13. The summed E-state index contributed by atoms with van der Waals surface area (Å²) in [4.78, 5) is 7.83. The van der Waals surface area contributed by atoms with E-state index < -0.39 is 11.9 Å². The Kier molecular flexibility index (Phi) is 4.99. The molecule has 1 N–H and O–H groups in total. The number of anilines is 2. The van der Waals surface area contributed by atoms with Crippen LogP contribution in [0.1, 0.15) is 5.69 Å². The number of ether oxygens (including phenoxy) is 1. The average molecular weight is 380 g/mol. The van der Waals surface area contributed by atoms with Gasteiger partial charge in [-0.25, -0.2) is 9.97 Å². The van der Waals surface area contributed by atoms with Crippen LogP contribution in [-0.2, 0) is 6.18 Å². The first-order valence-corrected chi connectivity index (χ1v) is 7.86. The molecule has 0 atom stereocenters. The SMILES string of the molecule is COc1cc(Cl)cc(Nc2cc(C(F)(F)F)nc(-c3ccccc3)n2)c1. The fraction of sp³-hybridized carbons (Fsp3) is 0.111. The Morgan fingerprint density at radius 3 is 2.38 bits per heavy atom. The van der Waals surface area contributed by atoms with Crippen LogP contribution in [0, 0.1) is 0 Å². The van der Waals surface area contributed by atoms with Crippen LogP contribution in [-0.4, -0.2) is 17.1 Å². The summed E-state index contributed by atoms with van der Waals surface area (Å²) in [6.07, 6.45) is -4.60. The molecule has 0 aliphatic carbocycles. The van der Waals surface area contributed by atoms with E-state index in [0.29, 0.717) is 22.0 Å². The Morgan fingerprint density at radius 2 is 1.73 bits per heavy atom. The van der Waals surface area contributed by atoms with Crippen molar-refractivity contribution in [1.29, 1.82) is 0 Å². The van der Waals surface area contributed by atoms with Crippen molar-refractivity contribution >= 4 is 23.1 Å². The van der Waals surface area contributed by atoms with Crippen LogP contribution >= 0.6 is 11.6 Å². The van der Waals surface area contributed by atoms with Crippen molar-refractivity contribution in [2.24, 2.45) is 0 Å². The molecular formula is C18H13ClF3N3O. The molecule has 3 aromatic rings. The first-order valence-electron chi connectivity index (χ1n) is 7.48. The number of alkyl halides is 3. The molecule has 8 heteroatoms. The van der Waals surface area contributed by atoms with E-state index in [4.69, 9.17) is 16.3 Å². The normalized spacial score (nSPS) is 11.3. The highest BCUT2D eigenvalue weighted by molar-refractivity contribution is 6.31. The van der Waals surface area contributed by atoms with Gasteiger partial charge in [-0.3, -0.25) is 0 Å². The summed E-state index contributed by atoms with van der Waals surface area (Å²) in [5, 5.41) is 3.20. The van der Waals surface area contributed by atoms with Gasteiger partial charge < -0.3 is 10.1 Å². The minimum atomic E-state index is -4.60. The summed E-state index contributed by atoms with van der Waals surface area (Å²) in [5.41, 5.74) is -0.117. The number of methoxy groups -OCH3 is 1. The third-order valence-electron chi connectivity index (χ3n) is 3.43. The molecule has 0 aliphatic heterocycles. The molecule has 1 heterocycles. The van der Waals surface area contributed by atoms with E-state index in [1.165, 1.54) is 7.11 Å². The van der Waals surface area contributed by atoms with Gasteiger partial charge in [-0.05, 0) is 12.1 Å². The predicted molar refractivity (Wildman–Crippen MR) is 93.8 cm³/mol. The second-order valence-electron chi connectivity index (χ2n) is 5.33. The molecule has 1 aromatic heterocycles. The minimum absolute atomic E-state index is 0.00417. The minimum Gasteiger partial charge on any atom is -0.497 e. The van der Waals surface area contributed by atoms with E-state index >= 15 is 0 Å². The standard InChI is InChI=1S/C18H13ClF3N3O/c1-26-14-8-12(19)7-13(9-14)23-16-10-15(18(20,21)22)24-17(25-16)11-5-3-2-4-6-11/h2-10H,1H3,(H,23,24,25). The molecule has 0 aliphatic rings. The number of halogens is 4. The molecule has 0 unspecified atom stereocenters. The molecule has 3 rings (SSSR count). The average Bonchev–Trinajstić information content (AvgIpc) is 2.61. The second kappa shape index (κ2) is 7.21. The maximum absolute atomic E-state index is 13.2. The fourth-order valence-electron chi connectivity index (χ4n) is 2.27. The highest BCUT2D eigenvalue weighted by Gasteiger charge is 2.33. The van der Waals surface area contributed by atoms with Gasteiger partial charge in [0.1, 0.15) is 11.6 Å². The largest absolute Gasteiger partial charge is 0.497 e. The quantitative estimate of drug-likeness (QED) is 0.644. The van der Waals surface area contributed by atoms with Gasteiger partial charge in [-0.1, -0.05) is 41.9 Å². The number of aromatic nitrogens is 2. The van der Waals surface area contributed by atoms with Crippen molar-refractivity contribution in [3.63, 3.8) is 0 Å². The molecule has 2 aromatic carbocycles. The lowest BCUT2D eigenvalue weighted by Crippen LogP contribution is -2.11. The van der Waals surface area contributed by atoms with E-state index in [0.717, 1.165) is 6.07 Å². The number of nitrogens with zero attached hydrogens (tertiary/aromatic N) is 2. The van der Waals surface area contributed by atoms with Crippen LogP contribution < -0.4 is 10.1 Å². The number of rotatable bonds is 4. The topological polar surface area (TPSA) is 47.0 Å². The molecule has 26 heavy (non-hydrogen) atoms. The zero-order chi connectivity index (χ0) is 18.7. The Bertz CT molecular complexity index is 917. The summed E-state index contributed by atoms with van der Waals surface area (Å²) < 4.78 is 44.8. The Labute approximate surface area is 152 Å². The van der Waals surface area contributed by atoms with Crippen molar-refractivity contribution in [3.8, 4) is 17.1 Å². The first-order chi connectivity index (χ1) is 12.3. The fourth-order valence-corrected chi connectivity index (χ4v) is 2.50. The van der Waals surface area contributed by atoms with Gasteiger partial charge >= 0.3 is 6.18 Å². The molecule has 0 fully saturated rings. The van der Waals surface area contributed by atoms with Crippen molar-refractivity contribution in [2.45, 2.75) is 6.18 Å². The predicted octanol–water partition coefficient (Wildman–Crippen LogP) is 5.57. The zero-order valence-corrected chi connectivity index (χ0v) is 14.3. The third-order valence-corrected chi connectivity index (χ3v) is 3.65. The van der Waals surface area contributed by atoms with E-state index in [1.54, 1.807) is 48.5 Å². The summed E-state index contributed by atoms with van der Waals surface area (Å²) in [7, 11) is 1.47. The summed E-state index contributed by atoms with van der Waals surface area (Å²) in [5.74, 6) is 0.431. The molecule has 0 saturated heterocycles. The van der Waals surface area contributed by atoms with Crippen LogP contribution in [0.4, 0.5) is 24.7 Å². The monoisotopic (exact) mass is 379 g/mol. The second-order valence-corrected chi connectivity index (χ2v) is 5.77. The van der Waals surface area contributed by atoms with E-state index in [2.05, 4.69) is 15.3 Å². The maximum Gasteiger partial charge on any atom is 0.433 e. The van der Waals surface area contributed by atoms with Crippen LogP contribution in [0.15, 0.2) is 54.6 Å². The molecule has 0 radical (unpaired) electrons. The third kappa shape index (κ3) is 4.23. The molecular weight excluding hydrogens is 367 g/mol. The number of hydrogen-bond acceptors (Lipinski definition) is 4. The molecule has 0 amide bonds. The highest BCUT2D eigenvalue weighted by atomic mass is 35.5. The lowest BCUT2D eigenvalue weighted by atomic mass is 10.2. The van der Waals surface area contributed by atoms with E-state index in [9.17, 15) is 13.2 Å². The van der Waals surface area contributed by atoms with E-state index in [-0.39, 0.29) is 11.6 Å².